The van der Waals surface area contributed by atoms with E-state index in [1.54, 1.807) is 0 Å². The van der Waals surface area contributed by atoms with Crippen molar-refractivity contribution in [2.45, 2.75) is 45.6 Å². The van der Waals surface area contributed by atoms with Crippen molar-refractivity contribution in [3.8, 4) is 0 Å². The topological polar surface area (TPSA) is 40.5 Å². The summed E-state index contributed by atoms with van der Waals surface area (Å²) in [6, 6.07) is 8.65. The molecule has 1 unspecified atom stereocenters. The van der Waals surface area contributed by atoms with Gasteiger partial charge in [-0.15, -0.1) is 0 Å². The Hall–Kier alpha value is -1.51. The molecule has 0 amide bonds. The Kier molecular flexibility index (Phi) is 4.46. The number of aryl methyl sites for hydroxylation is 1. The van der Waals surface area contributed by atoms with E-state index in [2.05, 4.69) is 30.9 Å². The molecule has 3 nitrogen and oxygen atoms in total. The monoisotopic (exact) mass is 261 g/mol. The third-order valence-corrected chi connectivity index (χ3v) is 3.89. The first kappa shape index (κ1) is 13.9. The molecule has 0 bridgehead atoms. The molecule has 1 aromatic rings. The molecule has 0 radical (unpaired) electrons. The summed E-state index contributed by atoms with van der Waals surface area (Å²) in [6.45, 7) is 4.90. The van der Waals surface area contributed by atoms with E-state index >= 15 is 0 Å². The molecule has 1 fully saturated rings. The smallest absolute Gasteiger partial charge is 0.305 e. The normalized spacial score (nSPS) is 16.1. The molecule has 1 aliphatic rings. The predicted octanol–water partition coefficient (Wildman–Crippen LogP) is 3.46. The van der Waals surface area contributed by atoms with Gasteiger partial charge in [0.15, 0.2) is 0 Å². The first-order valence-electron chi connectivity index (χ1n) is 7.12. The maximum absolute atomic E-state index is 10.9. The van der Waals surface area contributed by atoms with Gasteiger partial charge in [0, 0.05) is 18.3 Å². The van der Waals surface area contributed by atoms with E-state index in [0.717, 1.165) is 5.92 Å². The largest absolute Gasteiger partial charge is 0.481 e. The molecule has 0 heterocycles. The first-order valence-corrected chi connectivity index (χ1v) is 7.12. The number of carboxylic acid groups (broad SMARTS) is 1. The van der Waals surface area contributed by atoms with Crippen LogP contribution >= 0.6 is 0 Å². The van der Waals surface area contributed by atoms with Crippen LogP contribution in [0.25, 0.3) is 0 Å². The van der Waals surface area contributed by atoms with E-state index in [1.807, 2.05) is 12.1 Å². The molecule has 0 aromatic heterocycles. The van der Waals surface area contributed by atoms with Gasteiger partial charge in [-0.3, -0.25) is 4.79 Å². The second-order valence-electron chi connectivity index (χ2n) is 5.65. The summed E-state index contributed by atoms with van der Waals surface area (Å²) < 4.78 is 0. The van der Waals surface area contributed by atoms with Gasteiger partial charge in [-0.2, -0.15) is 0 Å². The average Bonchev–Trinajstić information content (AvgIpc) is 3.15. The Balaban J connectivity index is 2.12. The minimum absolute atomic E-state index is 0.198. The zero-order valence-corrected chi connectivity index (χ0v) is 11.8. The highest BCUT2D eigenvalue weighted by molar-refractivity contribution is 5.68. The van der Waals surface area contributed by atoms with Gasteiger partial charge in [-0.05, 0) is 37.8 Å². The van der Waals surface area contributed by atoms with E-state index in [0.29, 0.717) is 12.6 Å². The summed E-state index contributed by atoms with van der Waals surface area (Å²) in [6.07, 6.45) is 4.05. The predicted molar refractivity (Wildman–Crippen MR) is 77.6 cm³/mol. The van der Waals surface area contributed by atoms with Crippen LogP contribution in [0.3, 0.4) is 0 Å². The second-order valence-corrected chi connectivity index (χ2v) is 5.65. The van der Waals surface area contributed by atoms with Gasteiger partial charge in [0.1, 0.15) is 0 Å². The summed E-state index contributed by atoms with van der Waals surface area (Å²) in [7, 11) is 0. The Bertz CT molecular complexity index is 440. The summed E-state index contributed by atoms with van der Waals surface area (Å²) in [5, 5.41) is 8.93. The Labute approximate surface area is 115 Å². The van der Waals surface area contributed by atoms with Gasteiger partial charge >= 0.3 is 5.97 Å². The van der Waals surface area contributed by atoms with Crippen molar-refractivity contribution in [1.82, 2.24) is 0 Å². The molecule has 104 valence electrons. The lowest BCUT2D eigenvalue weighted by atomic mass is 10.1. The first-order chi connectivity index (χ1) is 9.08. The molecule has 0 saturated heterocycles. The Morgan fingerprint density at radius 1 is 1.42 bits per heavy atom. The van der Waals surface area contributed by atoms with Crippen LogP contribution in [0.1, 0.15) is 38.2 Å². The van der Waals surface area contributed by atoms with E-state index in [-0.39, 0.29) is 6.42 Å². The zero-order chi connectivity index (χ0) is 13.8. The Morgan fingerprint density at radius 3 is 2.68 bits per heavy atom. The quantitative estimate of drug-likeness (QED) is 0.817. The lowest BCUT2D eigenvalue weighted by Crippen LogP contribution is -2.35. The van der Waals surface area contributed by atoms with E-state index in [9.17, 15) is 4.79 Å². The lowest BCUT2D eigenvalue weighted by Gasteiger charge is -2.32. The third-order valence-electron chi connectivity index (χ3n) is 3.89. The zero-order valence-electron chi connectivity index (χ0n) is 11.8. The van der Waals surface area contributed by atoms with Crippen LogP contribution in [0.4, 0.5) is 5.69 Å². The number of aliphatic carboxylic acids is 1. The molecular weight excluding hydrogens is 238 g/mol. The van der Waals surface area contributed by atoms with Crippen LogP contribution in [0, 0.1) is 12.8 Å². The van der Waals surface area contributed by atoms with Gasteiger partial charge in [0.05, 0.1) is 6.42 Å². The average molecular weight is 261 g/mol. The van der Waals surface area contributed by atoms with Crippen molar-refractivity contribution < 1.29 is 9.90 Å². The number of anilines is 1. The van der Waals surface area contributed by atoms with Gasteiger partial charge in [-0.25, -0.2) is 0 Å². The van der Waals surface area contributed by atoms with Crippen LogP contribution in [-0.2, 0) is 4.79 Å². The standard InChI is InChI=1S/C16H23NO2/c1-12-5-3-4-6-15(12)17(10-9-16(18)19)13(2)11-14-7-8-14/h3-6,13-14H,7-11H2,1-2H3,(H,18,19). The number of hydrogen-bond acceptors (Lipinski definition) is 2. The maximum atomic E-state index is 10.9. The van der Waals surface area contributed by atoms with Crippen LogP contribution in [-0.4, -0.2) is 23.7 Å². The number of nitrogens with zero attached hydrogens (tertiary/aromatic N) is 1. The molecule has 3 heteroatoms. The van der Waals surface area contributed by atoms with Crippen molar-refractivity contribution >= 4 is 11.7 Å². The minimum atomic E-state index is -0.725. The molecule has 0 aliphatic heterocycles. The van der Waals surface area contributed by atoms with Crippen molar-refractivity contribution in [3.05, 3.63) is 29.8 Å². The van der Waals surface area contributed by atoms with Crippen molar-refractivity contribution in [1.29, 1.82) is 0 Å². The maximum Gasteiger partial charge on any atom is 0.305 e. The highest BCUT2D eigenvalue weighted by Gasteiger charge is 2.27. The van der Waals surface area contributed by atoms with Crippen molar-refractivity contribution in [3.63, 3.8) is 0 Å². The van der Waals surface area contributed by atoms with Crippen LogP contribution in [0.2, 0.25) is 0 Å². The van der Waals surface area contributed by atoms with Crippen molar-refractivity contribution in [2.24, 2.45) is 5.92 Å². The molecule has 19 heavy (non-hydrogen) atoms. The summed E-state index contributed by atoms with van der Waals surface area (Å²) in [5.41, 5.74) is 2.40. The number of carbonyl (C=O) groups is 1. The number of hydrogen-bond donors (Lipinski definition) is 1. The van der Waals surface area contributed by atoms with E-state index < -0.39 is 5.97 Å². The fraction of sp³-hybridized carbons (Fsp3) is 0.562. The van der Waals surface area contributed by atoms with Crippen LogP contribution in [0.5, 0.6) is 0 Å². The lowest BCUT2D eigenvalue weighted by molar-refractivity contribution is -0.136. The summed E-state index contributed by atoms with van der Waals surface area (Å²) >= 11 is 0. The highest BCUT2D eigenvalue weighted by atomic mass is 16.4. The fourth-order valence-corrected chi connectivity index (χ4v) is 2.64. The minimum Gasteiger partial charge on any atom is -0.481 e. The number of benzene rings is 1. The van der Waals surface area contributed by atoms with Gasteiger partial charge in [0.2, 0.25) is 0 Å². The molecule has 0 spiro atoms. The Morgan fingerprint density at radius 2 is 2.11 bits per heavy atom. The molecule has 1 aromatic carbocycles. The van der Waals surface area contributed by atoms with Crippen molar-refractivity contribution in [2.75, 3.05) is 11.4 Å². The van der Waals surface area contributed by atoms with Gasteiger partial charge in [-0.1, -0.05) is 31.0 Å². The SMILES string of the molecule is Cc1ccccc1N(CCC(=O)O)C(C)CC1CC1. The molecule has 1 saturated carbocycles. The third kappa shape index (κ3) is 3.98. The molecule has 1 N–H and O–H groups in total. The molecule has 1 aliphatic carbocycles. The molecule has 2 rings (SSSR count). The highest BCUT2D eigenvalue weighted by Crippen LogP contribution is 2.36. The number of rotatable bonds is 7. The molecular formula is C16H23NO2. The molecule has 1 atom stereocenters. The van der Waals surface area contributed by atoms with E-state index in [1.165, 1.54) is 30.5 Å². The second kappa shape index (κ2) is 6.09. The van der Waals surface area contributed by atoms with Crippen LogP contribution < -0.4 is 4.90 Å². The fourth-order valence-electron chi connectivity index (χ4n) is 2.64. The van der Waals surface area contributed by atoms with E-state index in [4.69, 9.17) is 5.11 Å². The summed E-state index contributed by atoms with van der Waals surface area (Å²) in [5.74, 6) is 0.128. The number of para-hydroxylation sites is 1. The number of carboxylic acids is 1. The summed E-state index contributed by atoms with van der Waals surface area (Å²) in [4.78, 5) is 13.1. The van der Waals surface area contributed by atoms with Crippen LogP contribution in [0.15, 0.2) is 24.3 Å². The van der Waals surface area contributed by atoms with Gasteiger partial charge in [0.25, 0.3) is 0 Å². The van der Waals surface area contributed by atoms with Gasteiger partial charge < -0.3 is 10.0 Å².